The molecule has 2 aromatic heterocycles. The summed E-state index contributed by atoms with van der Waals surface area (Å²) < 4.78 is 96.6. The summed E-state index contributed by atoms with van der Waals surface area (Å²) in [5.41, 5.74) is 0.279. The van der Waals surface area contributed by atoms with Crippen LogP contribution in [0.25, 0.3) is 26.5 Å². The number of sulfonamides is 2. The first-order valence-electron chi connectivity index (χ1n) is 11.8. The number of benzene rings is 1. The molecule has 2 aliphatic rings. The van der Waals surface area contributed by atoms with E-state index in [0.29, 0.717) is 47.1 Å². The average Bonchev–Trinajstić information content (AvgIpc) is 3.26. The maximum atomic E-state index is 13.3. The molecule has 16 heteroatoms. The second-order valence-corrected chi connectivity index (χ2v) is 14.8. The van der Waals surface area contributed by atoms with Gasteiger partial charge in [0.2, 0.25) is 30.2 Å². The number of hydrogen-bond acceptors (Lipinski definition) is 7. The number of hydrogen-bond donors (Lipinski definition) is 1. The summed E-state index contributed by atoms with van der Waals surface area (Å²) in [6.07, 6.45) is -0.441. The van der Waals surface area contributed by atoms with E-state index >= 15 is 0 Å². The molecule has 3 heterocycles. The summed E-state index contributed by atoms with van der Waals surface area (Å²) >= 11 is 0.319. The molecule has 1 aliphatic heterocycles. The highest BCUT2D eigenvalue weighted by molar-refractivity contribution is 7.89. The molecule has 1 aromatic carbocycles. The van der Waals surface area contributed by atoms with Gasteiger partial charge in [-0.1, -0.05) is 17.4 Å². The topological polar surface area (TPSA) is 119 Å². The van der Waals surface area contributed by atoms with Crippen LogP contribution in [-0.2, 0) is 26.2 Å². The number of alkyl halides is 3. The van der Waals surface area contributed by atoms with Crippen LogP contribution in [0.15, 0.2) is 35.4 Å². The Balaban J connectivity index is 1.64. The number of nitrogens with one attached hydrogen (secondary N) is 1. The summed E-state index contributed by atoms with van der Waals surface area (Å²) in [6, 6.07) is 4.42. The van der Waals surface area contributed by atoms with Crippen molar-refractivity contribution in [3.05, 3.63) is 52.5 Å². The van der Waals surface area contributed by atoms with Crippen molar-refractivity contribution in [3.63, 3.8) is 0 Å². The van der Waals surface area contributed by atoms with E-state index in [-0.39, 0.29) is 28.6 Å². The van der Waals surface area contributed by atoms with Gasteiger partial charge in [-0.25, -0.2) is 23.4 Å². The molecule has 0 atom stereocenters. The molecule has 1 N–H and O–H groups in total. The third kappa shape index (κ3) is 5.09. The van der Waals surface area contributed by atoms with Gasteiger partial charge in [0, 0.05) is 24.7 Å². The van der Waals surface area contributed by atoms with E-state index in [2.05, 4.69) is 19.8 Å². The minimum absolute atomic E-state index is 0.0967. The molecular formula is C23H23F3N6O4S3. The van der Waals surface area contributed by atoms with Crippen molar-refractivity contribution in [1.29, 1.82) is 0 Å². The Morgan fingerprint density at radius 2 is 1.90 bits per heavy atom. The van der Waals surface area contributed by atoms with E-state index in [9.17, 15) is 30.0 Å². The van der Waals surface area contributed by atoms with Gasteiger partial charge >= 0.3 is 6.18 Å². The van der Waals surface area contributed by atoms with Gasteiger partial charge in [-0.15, -0.1) is 14.9 Å². The summed E-state index contributed by atoms with van der Waals surface area (Å²) in [5, 5.41) is 5.61. The zero-order valence-electron chi connectivity index (χ0n) is 20.7. The van der Waals surface area contributed by atoms with Crippen LogP contribution in [0.5, 0.6) is 0 Å². The van der Waals surface area contributed by atoms with Crippen molar-refractivity contribution in [1.82, 2.24) is 23.8 Å². The molecule has 0 unspecified atom stereocenters. The van der Waals surface area contributed by atoms with Crippen molar-refractivity contribution in [2.45, 2.75) is 55.1 Å². The predicted molar refractivity (Wildman–Crippen MR) is 139 cm³/mol. The lowest BCUT2D eigenvalue weighted by Gasteiger charge is -2.28. The minimum atomic E-state index is -4.68. The van der Waals surface area contributed by atoms with E-state index in [1.165, 1.54) is 27.2 Å². The van der Waals surface area contributed by atoms with Crippen LogP contribution in [0.1, 0.15) is 43.7 Å². The molecule has 0 bridgehead atoms. The second kappa shape index (κ2) is 9.37. The zero-order valence-corrected chi connectivity index (χ0v) is 23.2. The third-order valence-electron chi connectivity index (χ3n) is 6.69. The highest BCUT2D eigenvalue weighted by Gasteiger charge is 2.54. The third-order valence-corrected chi connectivity index (χ3v) is 11.4. The van der Waals surface area contributed by atoms with Crippen LogP contribution in [0, 0.1) is 6.57 Å². The monoisotopic (exact) mass is 600 g/mol. The molecule has 0 amide bonds. The van der Waals surface area contributed by atoms with Gasteiger partial charge in [0.05, 0.1) is 28.5 Å². The largest absolute Gasteiger partial charge is 0.445 e. The fourth-order valence-corrected chi connectivity index (χ4v) is 7.66. The van der Waals surface area contributed by atoms with E-state index in [4.69, 9.17) is 6.57 Å². The fraction of sp³-hybridized carbons (Fsp3) is 0.435. The number of fused-ring (bicyclic) bond motifs is 1. The Bertz CT molecular complexity index is 1750. The number of rotatable bonds is 7. The van der Waals surface area contributed by atoms with Crippen LogP contribution in [0.4, 0.5) is 13.2 Å². The number of nitrogens with zero attached hydrogens (tertiary/aromatic N) is 5. The van der Waals surface area contributed by atoms with E-state index in [1.807, 2.05) is 0 Å². The van der Waals surface area contributed by atoms with Crippen molar-refractivity contribution >= 4 is 47.9 Å². The van der Waals surface area contributed by atoms with Crippen molar-refractivity contribution < 1.29 is 30.0 Å². The van der Waals surface area contributed by atoms with Crippen LogP contribution in [0.2, 0.25) is 0 Å². The smallest absolute Gasteiger partial charge is 0.292 e. The van der Waals surface area contributed by atoms with Gasteiger partial charge in [0.1, 0.15) is 0 Å². The lowest BCUT2D eigenvalue weighted by atomic mass is 9.97. The molecular weight excluding hydrogens is 577 g/mol. The molecule has 0 radical (unpaired) electrons. The minimum Gasteiger partial charge on any atom is -0.292 e. The normalized spacial score (nSPS) is 18.3. The molecule has 5 rings (SSSR count). The van der Waals surface area contributed by atoms with E-state index in [0.717, 1.165) is 0 Å². The standard InChI is InChI=1S/C23H23F3N6O4S3/c1-14(2)39(35,36)31-9-4-15(5-10-31)18-12-16(38(33,34)30-22(27-3)7-8-22)13-19-17(18)6-11-32(19)21-29-28-20(37-21)23(24,25)26/h4,6,11-14,30H,5,7-10H2,1-2H3. The van der Waals surface area contributed by atoms with Crippen LogP contribution in [0.3, 0.4) is 0 Å². The number of halogens is 3. The zero-order chi connectivity index (χ0) is 28.4. The Morgan fingerprint density at radius 3 is 2.44 bits per heavy atom. The molecule has 3 aromatic rings. The molecule has 0 saturated heterocycles. The number of aromatic nitrogens is 3. The van der Waals surface area contributed by atoms with Gasteiger partial charge < -0.3 is 0 Å². The van der Waals surface area contributed by atoms with Crippen LogP contribution >= 0.6 is 11.3 Å². The highest BCUT2D eigenvalue weighted by Crippen LogP contribution is 2.40. The first-order chi connectivity index (χ1) is 18.2. The van der Waals surface area contributed by atoms with E-state index < -0.39 is 42.1 Å². The predicted octanol–water partition coefficient (Wildman–Crippen LogP) is 4.02. The van der Waals surface area contributed by atoms with Gasteiger partial charge in [-0.3, -0.25) is 9.41 Å². The summed E-state index contributed by atoms with van der Waals surface area (Å²) in [5.74, 6) is 0. The Morgan fingerprint density at radius 1 is 1.18 bits per heavy atom. The van der Waals surface area contributed by atoms with Gasteiger partial charge in [-0.05, 0) is 49.6 Å². The SMILES string of the molecule is [C-]#[N+]C1(NS(=O)(=O)c2cc(C3=CCN(S(=O)(=O)C(C)C)CC3)c3ccn(-c4nnc(C(F)(F)F)s4)c3c2)CC1. The maximum absolute atomic E-state index is 13.3. The van der Waals surface area contributed by atoms with Gasteiger partial charge in [-0.2, -0.15) is 17.5 Å². The maximum Gasteiger partial charge on any atom is 0.445 e. The van der Waals surface area contributed by atoms with Crippen LogP contribution in [-0.4, -0.2) is 59.9 Å². The molecule has 1 aliphatic carbocycles. The first kappa shape index (κ1) is 27.7. The van der Waals surface area contributed by atoms with Crippen LogP contribution < -0.4 is 4.72 Å². The van der Waals surface area contributed by atoms with Gasteiger partial charge in [0.15, 0.2) is 0 Å². The van der Waals surface area contributed by atoms with Crippen molar-refractivity contribution in [2.75, 3.05) is 13.1 Å². The lowest BCUT2D eigenvalue weighted by Crippen LogP contribution is -2.39. The van der Waals surface area contributed by atoms with E-state index in [1.54, 1.807) is 26.0 Å². The quantitative estimate of drug-likeness (QED) is 0.410. The lowest BCUT2D eigenvalue weighted by molar-refractivity contribution is -0.138. The molecule has 208 valence electrons. The fourth-order valence-electron chi connectivity index (χ4n) is 4.32. The highest BCUT2D eigenvalue weighted by atomic mass is 32.2. The van der Waals surface area contributed by atoms with Crippen molar-refractivity contribution in [2.24, 2.45) is 0 Å². The Kier molecular flexibility index (Phi) is 6.66. The second-order valence-electron chi connectivity index (χ2n) is 9.66. The molecule has 39 heavy (non-hydrogen) atoms. The average molecular weight is 601 g/mol. The Labute approximate surface area is 227 Å². The Hall–Kier alpha value is -2.84. The summed E-state index contributed by atoms with van der Waals surface area (Å²) in [7, 11) is -7.68. The first-order valence-corrected chi connectivity index (χ1v) is 15.6. The molecule has 10 nitrogen and oxygen atoms in total. The van der Waals surface area contributed by atoms with Crippen molar-refractivity contribution in [3.8, 4) is 5.13 Å². The van der Waals surface area contributed by atoms with Gasteiger partial charge in [0.25, 0.3) is 5.66 Å². The summed E-state index contributed by atoms with van der Waals surface area (Å²) in [6.45, 7) is 10.8. The molecule has 1 saturated carbocycles. The molecule has 1 fully saturated rings. The summed E-state index contributed by atoms with van der Waals surface area (Å²) in [4.78, 5) is 3.23. The molecule has 0 spiro atoms.